The molecule has 10 heteroatoms. The van der Waals surface area contributed by atoms with Crippen molar-refractivity contribution in [3.05, 3.63) is 53.1 Å². The summed E-state index contributed by atoms with van der Waals surface area (Å²) in [6.07, 6.45) is 10.6. The maximum absolute atomic E-state index is 13.8. The standard InChI is InChI=1S/C29H43N3O5S2/c1-4-25(37-26-12-8-6-5-7-10-20(26)2)27(28(33)32-29-30-18-21(3)38-29)22-13-15-24(16-14-22)39(34,35)31-19-23-11-9-17-36-23/h13-16,18,23,25-27,31,34-35H,2,4-12,17,19H2,1,3H3,(H,30,32,33)/p+2/t23-,25?,26-,27?/m1/s1. The topological polar surface area (TPSA) is 118 Å². The van der Waals surface area contributed by atoms with E-state index >= 15 is 0 Å². The number of benzene rings is 1. The minimum Gasteiger partial charge on any atom is -0.377 e. The second-order valence-corrected chi connectivity index (χ2v) is 13.8. The average Bonchev–Trinajstić information content (AvgIpc) is 3.58. The number of ether oxygens (including phenoxy) is 2. The first-order valence-corrected chi connectivity index (χ1v) is 16.6. The van der Waals surface area contributed by atoms with Crippen LogP contribution in [0.3, 0.4) is 0 Å². The Morgan fingerprint density at radius 3 is 2.64 bits per heavy atom. The van der Waals surface area contributed by atoms with E-state index < -0.39 is 16.7 Å². The molecule has 1 aliphatic carbocycles. The average molecular weight is 580 g/mol. The molecule has 6 N–H and O–H groups in total. The Hall–Kier alpha value is -1.79. The van der Waals surface area contributed by atoms with E-state index in [-0.39, 0.29) is 24.2 Å². The number of nitrogens with zero attached hydrogens (tertiary/aromatic N) is 1. The summed E-state index contributed by atoms with van der Waals surface area (Å²) in [5, 5.41) is 3.59. The van der Waals surface area contributed by atoms with E-state index in [0.717, 1.165) is 61.1 Å². The predicted octanol–water partition coefficient (Wildman–Crippen LogP) is 5.37. The normalized spacial score (nSPS) is 22.6. The Labute approximate surface area is 238 Å². The van der Waals surface area contributed by atoms with Crippen LogP contribution in [0.5, 0.6) is 0 Å². The van der Waals surface area contributed by atoms with Crippen LogP contribution in [0.15, 0.2) is 47.5 Å². The molecule has 0 radical (unpaired) electrons. The molecule has 1 aliphatic heterocycles. The summed E-state index contributed by atoms with van der Waals surface area (Å²) in [7, 11) is -2.70. The Kier molecular flexibility index (Phi) is 11.0. The number of thiazole rings is 1. The van der Waals surface area contributed by atoms with Crippen molar-refractivity contribution in [1.29, 1.82) is 0 Å². The Morgan fingerprint density at radius 1 is 1.21 bits per heavy atom. The summed E-state index contributed by atoms with van der Waals surface area (Å²) in [5.74, 6) is -0.723. The lowest BCUT2D eigenvalue weighted by molar-refractivity contribution is -0.122. The van der Waals surface area contributed by atoms with Crippen molar-refractivity contribution in [2.45, 2.75) is 101 Å². The number of aryl methyl sites for hydroxylation is 1. The first kappa shape index (κ1) is 30.2. The molecule has 4 rings (SSSR count). The maximum Gasteiger partial charge on any atom is 0.236 e. The van der Waals surface area contributed by atoms with Crippen molar-refractivity contribution in [2.75, 3.05) is 18.5 Å². The Morgan fingerprint density at radius 2 is 1.97 bits per heavy atom. The predicted molar refractivity (Wildman–Crippen MR) is 161 cm³/mol. The zero-order chi connectivity index (χ0) is 27.8. The molecule has 2 fully saturated rings. The van der Waals surface area contributed by atoms with Crippen molar-refractivity contribution in [3.8, 4) is 0 Å². The van der Waals surface area contributed by atoms with Gasteiger partial charge in [-0.15, -0.1) is 16.1 Å². The summed E-state index contributed by atoms with van der Waals surface area (Å²) < 4.78 is 32.8. The van der Waals surface area contributed by atoms with Gasteiger partial charge in [0, 0.05) is 24.2 Å². The zero-order valence-corrected chi connectivity index (χ0v) is 24.8. The van der Waals surface area contributed by atoms with Gasteiger partial charge in [-0.2, -0.15) is 0 Å². The molecule has 2 aliphatic rings. The fourth-order valence-corrected chi connectivity index (χ4v) is 7.12. The molecule has 1 saturated heterocycles. The number of carbonyl (C=O) groups excluding carboxylic acids is 1. The molecule has 216 valence electrons. The number of anilines is 1. The third-order valence-corrected chi connectivity index (χ3v) is 9.97. The molecule has 1 aromatic heterocycles. The van der Waals surface area contributed by atoms with E-state index in [0.29, 0.717) is 23.0 Å². The molecule has 1 aromatic carbocycles. The summed E-state index contributed by atoms with van der Waals surface area (Å²) >= 11 is 1.45. The molecule has 0 bridgehead atoms. The van der Waals surface area contributed by atoms with Crippen LogP contribution >= 0.6 is 22.1 Å². The van der Waals surface area contributed by atoms with E-state index in [1.54, 1.807) is 6.20 Å². The molecule has 2 aromatic rings. The highest BCUT2D eigenvalue weighted by Gasteiger charge is 2.34. The Bertz CT molecular complexity index is 1080. The van der Waals surface area contributed by atoms with Gasteiger partial charge in [-0.3, -0.25) is 13.9 Å². The Balaban J connectivity index is 1.55. The molecule has 2 heterocycles. The molecular formula is C29H45N3O5S2+2. The first-order valence-electron chi connectivity index (χ1n) is 14.1. The van der Waals surface area contributed by atoms with Gasteiger partial charge in [-0.05, 0) is 68.7 Å². The highest BCUT2D eigenvalue weighted by molar-refractivity contribution is 8.22. The van der Waals surface area contributed by atoms with E-state index in [1.807, 2.05) is 31.2 Å². The highest BCUT2D eigenvalue weighted by Crippen LogP contribution is 2.44. The summed E-state index contributed by atoms with van der Waals surface area (Å²) in [4.78, 5) is 19.7. The van der Waals surface area contributed by atoms with Crippen LogP contribution in [0.25, 0.3) is 0 Å². The minimum atomic E-state index is -2.70. The fourth-order valence-electron chi connectivity index (χ4n) is 5.30. The summed E-state index contributed by atoms with van der Waals surface area (Å²) in [5.41, 5.74) is 1.93. The lowest BCUT2D eigenvalue weighted by atomic mass is 9.89. The van der Waals surface area contributed by atoms with Crippen LogP contribution in [-0.2, 0) is 14.3 Å². The summed E-state index contributed by atoms with van der Waals surface area (Å²) in [6, 6.07) is 7.37. The second-order valence-electron chi connectivity index (χ2n) is 10.6. The van der Waals surface area contributed by atoms with Crippen LogP contribution in [-0.4, -0.2) is 51.5 Å². The summed E-state index contributed by atoms with van der Waals surface area (Å²) in [6.45, 7) is 9.59. The lowest BCUT2D eigenvalue weighted by Crippen LogP contribution is -2.36. The van der Waals surface area contributed by atoms with Crippen molar-refractivity contribution in [1.82, 2.24) is 9.71 Å². The van der Waals surface area contributed by atoms with Crippen molar-refractivity contribution in [2.24, 2.45) is 0 Å². The lowest BCUT2D eigenvalue weighted by Gasteiger charge is -2.32. The van der Waals surface area contributed by atoms with Gasteiger partial charge in [0.05, 0.1) is 35.0 Å². The number of hydrogen-bond acceptors (Lipinski definition) is 6. The molecule has 1 amide bonds. The third kappa shape index (κ3) is 8.36. The first-order chi connectivity index (χ1) is 18.8. The number of amides is 1. The third-order valence-electron chi connectivity index (χ3n) is 7.56. The van der Waals surface area contributed by atoms with E-state index in [2.05, 4.69) is 28.5 Å². The number of nitrogens with one attached hydrogen (secondary N) is 2. The monoisotopic (exact) mass is 579 g/mol. The van der Waals surface area contributed by atoms with E-state index in [1.165, 1.54) is 24.2 Å². The van der Waals surface area contributed by atoms with Crippen LogP contribution in [0, 0.1) is 6.92 Å². The number of carbonyl (C=O) groups is 1. The maximum atomic E-state index is 13.8. The van der Waals surface area contributed by atoms with Crippen LogP contribution in [0.1, 0.15) is 81.1 Å². The van der Waals surface area contributed by atoms with Crippen LogP contribution in [0.2, 0.25) is 0 Å². The molecule has 1 saturated carbocycles. The largest absolute Gasteiger partial charge is 0.377 e. The van der Waals surface area contributed by atoms with Gasteiger partial charge in [0.1, 0.15) is 0 Å². The van der Waals surface area contributed by atoms with Gasteiger partial charge in [-0.25, -0.2) is 4.98 Å². The SMILES string of the molecule is C=C1CCCCCC[C@H]1OC(CC)C(C(=O)Nc1ncc(C)s1)c1ccc(S([OH2+])([OH2+])NC[C@H]2CCCO2)cc1. The molecule has 0 spiro atoms. The zero-order valence-electron chi connectivity index (χ0n) is 23.2. The molecule has 39 heavy (non-hydrogen) atoms. The van der Waals surface area contributed by atoms with Crippen molar-refractivity contribution < 1.29 is 23.4 Å². The number of hydrogen-bond donors (Lipinski definition) is 2. The molecule has 8 nitrogen and oxygen atoms in total. The number of aromatic nitrogens is 1. The van der Waals surface area contributed by atoms with Crippen molar-refractivity contribution >= 4 is 33.2 Å². The highest BCUT2D eigenvalue weighted by atomic mass is 32.3. The minimum absolute atomic E-state index is 0.0625. The van der Waals surface area contributed by atoms with E-state index in [4.69, 9.17) is 18.6 Å². The van der Waals surface area contributed by atoms with Crippen LogP contribution in [0.4, 0.5) is 5.13 Å². The van der Waals surface area contributed by atoms with Crippen molar-refractivity contribution in [3.63, 3.8) is 0 Å². The fraction of sp³-hybridized carbons (Fsp3) is 0.586. The molecule has 4 atom stereocenters. The molecular weight excluding hydrogens is 534 g/mol. The smallest absolute Gasteiger partial charge is 0.236 e. The quantitative estimate of drug-likeness (QED) is 0.274. The van der Waals surface area contributed by atoms with Gasteiger partial charge in [0.2, 0.25) is 5.91 Å². The van der Waals surface area contributed by atoms with Gasteiger partial charge in [0.25, 0.3) is 0 Å². The second kappa shape index (κ2) is 14.2. The van der Waals surface area contributed by atoms with E-state index in [9.17, 15) is 4.79 Å². The van der Waals surface area contributed by atoms with Crippen LogP contribution < -0.4 is 10.0 Å². The number of rotatable bonds is 11. The van der Waals surface area contributed by atoms with Gasteiger partial charge >= 0.3 is 0 Å². The van der Waals surface area contributed by atoms with Gasteiger partial charge in [-0.1, -0.05) is 44.9 Å². The molecule has 2 unspecified atom stereocenters. The van der Waals surface area contributed by atoms with Gasteiger partial charge < -0.3 is 14.8 Å². The van der Waals surface area contributed by atoms with Gasteiger partial charge in [0.15, 0.2) is 10.0 Å².